The highest BCUT2D eigenvalue weighted by Crippen LogP contribution is 2.23. The maximum atomic E-state index is 11.3. The molecule has 3 nitrogen and oxygen atoms in total. The van der Waals surface area contributed by atoms with E-state index < -0.39 is 0 Å². The number of halogens is 1. The average molecular weight is 318 g/mol. The highest BCUT2D eigenvalue weighted by Gasteiger charge is 2.12. The zero-order chi connectivity index (χ0) is 11.4. The van der Waals surface area contributed by atoms with Crippen molar-refractivity contribution in [1.82, 2.24) is 0 Å². The lowest BCUT2D eigenvalue weighted by molar-refractivity contribution is 0.101. The van der Waals surface area contributed by atoms with Crippen molar-refractivity contribution in [2.45, 2.75) is 13.8 Å². The third-order valence-electron chi connectivity index (χ3n) is 1.89. The van der Waals surface area contributed by atoms with Crippen molar-refractivity contribution in [2.24, 2.45) is 0 Å². The summed E-state index contributed by atoms with van der Waals surface area (Å²) in [5.74, 6) is 0.495. The monoisotopic (exact) mass is 318 g/mol. The van der Waals surface area contributed by atoms with Gasteiger partial charge in [-0.05, 0) is 48.6 Å². The second-order valence-electron chi connectivity index (χ2n) is 2.98. The molecule has 4 heteroatoms. The Balaban J connectivity index is 3.31. The molecule has 0 aromatic heterocycles. The van der Waals surface area contributed by atoms with Gasteiger partial charge in [-0.1, -0.05) is 0 Å². The number of benzene rings is 1. The molecule has 0 saturated heterocycles. The largest absolute Gasteiger partial charge is 0.494 e. The number of ether oxygens (including phenoxy) is 1. The van der Waals surface area contributed by atoms with Crippen molar-refractivity contribution in [3.63, 3.8) is 0 Å². The average Bonchev–Trinajstić information content (AvgIpc) is 2.20. The molecule has 0 amide bonds. The molecule has 0 heterocycles. The van der Waals surface area contributed by atoms with Gasteiger partial charge in [-0.15, -0.1) is 0 Å². The Kier molecular flexibility index (Phi) is 4.26. The molecule has 1 aromatic rings. The topological polar surface area (TPSA) is 43.4 Å². The molecule has 0 fully saturated rings. The molecule has 0 N–H and O–H groups in total. The highest BCUT2D eigenvalue weighted by atomic mass is 127. The molecular weight excluding hydrogens is 307 g/mol. The minimum absolute atomic E-state index is 0.0657. The van der Waals surface area contributed by atoms with Crippen LogP contribution in [0.5, 0.6) is 5.75 Å². The standard InChI is InChI=1S/C11H11IO3/c1-3-15-9-4-8(6-13)11(12)10(5-9)7(2)14/h4-6H,3H2,1-2H3. The third kappa shape index (κ3) is 2.77. The molecule has 0 unspecified atom stereocenters. The summed E-state index contributed by atoms with van der Waals surface area (Å²) < 4.78 is 5.96. The van der Waals surface area contributed by atoms with E-state index >= 15 is 0 Å². The van der Waals surface area contributed by atoms with Crippen LogP contribution in [0.4, 0.5) is 0 Å². The zero-order valence-electron chi connectivity index (χ0n) is 8.54. The van der Waals surface area contributed by atoms with E-state index in [2.05, 4.69) is 0 Å². The number of Topliss-reactive ketones (excluding diaryl/α,β-unsaturated/α-hetero) is 1. The minimum atomic E-state index is -0.0657. The summed E-state index contributed by atoms with van der Waals surface area (Å²) in [5, 5.41) is 0. The molecule has 1 aromatic carbocycles. The quantitative estimate of drug-likeness (QED) is 0.487. The van der Waals surface area contributed by atoms with Crippen LogP contribution in [0.25, 0.3) is 0 Å². The maximum absolute atomic E-state index is 11.3. The molecule has 15 heavy (non-hydrogen) atoms. The van der Waals surface area contributed by atoms with Crippen LogP contribution in [-0.4, -0.2) is 18.7 Å². The Morgan fingerprint density at radius 3 is 2.67 bits per heavy atom. The van der Waals surface area contributed by atoms with E-state index in [0.717, 1.165) is 6.29 Å². The van der Waals surface area contributed by atoms with Gasteiger partial charge in [0.15, 0.2) is 12.1 Å². The second kappa shape index (κ2) is 5.25. The van der Waals surface area contributed by atoms with Crippen molar-refractivity contribution >= 4 is 34.7 Å². The summed E-state index contributed by atoms with van der Waals surface area (Å²) in [6.45, 7) is 3.84. The molecule has 0 aliphatic carbocycles. The Morgan fingerprint density at radius 2 is 2.20 bits per heavy atom. The molecular formula is C11H11IO3. The smallest absolute Gasteiger partial charge is 0.161 e. The van der Waals surface area contributed by atoms with Crippen molar-refractivity contribution in [1.29, 1.82) is 0 Å². The van der Waals surface area contributed by atoms with E-state index in [1.807, 2.05) is 29.5 Å². The van der Waals surface area contributed by atoms with E-state index in [4.69, 9.17) is 4.74 Å². The van der Waals surface area contributed by atoms with Gasteiger partial charge in [0.05, 0.1) is 6.61 Å². The minimum Gasteiger partial charge on any atom is -0.494 e. The van der Waals surface area contributed by atoms with Crippen LogP contribution in [0.2, 0.25) is 0 Å². The predicted molar refractivity (Wildman–Crippen MR) is 65.7 cm³/mol. The molecule has 80 valence electrons. The van der Waals surface area contributed by atoms with Gasteiger partial charge in [0.1, 0.15) is 5.75 Å². The van der Waals surface area contributed by atoms with E-state index in [-0.39, 0.29) is 5.78 Å². The molecule has 0 aliphatic rings. The van der Waals surface area contributed by atoms with Crippen LogP contribution in [0.3, 0.4) is 0 Å². The lowest BCUT2D eigenvalue weighted by Crippen LogP contribution is -2.02. The summed E-state index contributed by atoms with van der Waals surface area (Å²) in [6, 6.07) is 3.31. The molecule has 0 aliphatic heterocycles. The fourth-order valence-corrected chi connectivity index (χ4v) is 2.03. The fourth-order valence-electron chi connectivity index (χ4n) is 1.21. The van der Waals surface area contributed by atoms with Crippen LogP contribution in [0.15, 0.2) is 12.1 Å². The summed E-state index contributed by atoms with van der Waals surface area (Å²) in [4.78, 5) is 22.1. The first-order chi connectivity index (χ1) is 7.10. The Hall–Kier alpha value is -0.910. The maximum Gasteiger partial charge on any atom is 0.161 e. The van der Waals surface area contributed by atoms with Crippen molar-refractivity contribution < 1.29 is 14.3 Å². The first-order valence-electron chi connectivity index (χ1n) is 4.52. The lowest BCUT2D eigenvalue weighted by Gasteiger charge is -2.08. The number of ketones is 1. The van der Waals surface area contributed by atoms with E-state index in [1.54, 1.807) is 12.1 Å². The molecule has 0 spiro atoms. The van der Waals surface area contributed by atoms with Gasteiger partial charge < -0.3 is 4.74 Å². The van der Waals surface area contributed by atoms with Gasteiger partial charge in [-0.3, -0.25) is 9.59 Å². The normalized spacial score (nSPS) is 9.80. The van der Waals surface area contributed by atoms with Gasteiger partial charge in [0, 0.05) is 14.7 Å². The number of rotatable bonds is 4. The van der Waals surface area contributed by atoms with Crippen LogP contribution < -0.4 is 4.74 Å². The number of hydrogen-bond acceptors (Lipinski definition) is 3. The van der Waals surface area contributed by atoms with Crippen LogP contribution >= 0.6 is 22.6 Å². The fraction of sp³-hybridized carbons (Fsp3) is 0.273. The SMILES string of the molecule is CCOc1cc(C=O)c(I)c(C(C)=O)c1. The van der Waals surface area contributed by atoms with Crippen LogP contribution in [-0.2, 0) is 0 Å². The van der Waals surface area contributed by atoms with Gasteiger partial charge in [-0.2, -0.15) is 0 Å². The second-order valence-corrected chi connectivity index (χ2v) is 4.06. The van der Waals surface area contributed by atoms with Crippen molar-refractivity contribution in [3.05, 3.63) is 26.8 Å². The highest BCUT2D eigenvalue weighted by molar-refractivity contribution is 14.1. The number of aldehydes is 1. The van der Waals surface area contributed by atoms with Gasteiger partial charge >= 0.3 is 0 Å². The molecule has 0 atom stereocenters. The number of carbonyl (C=O) groups is 2. The van der Waals surface area contributed by atoms with Gasteiger partial charge in [-0.25, -0.2) is 0 Å². The summed E-state index contributed by atoms with van der Waals surface area (Å²) in [5.41, 5.74) is 1.02. The van der Waals surface area contributed by atoms with Crippen molar-refractivity contribution in [3.8, 4) is 5.75 Å². The number of hydrogen-bond donors (Lipinski definition) is 0. The Morgan fingerprint density at radius 1 is 1.53 bits per heavy atom. The van der Waals surface area contributed by atoms with E-state index in [0.29, 0.717) is 27.1 Å². The summed E-state index contributed by atoms with van der Waals surface area (Å²) in [7, 11) is 0. The molecule has 0 bridgehead atoms. The Labute approximate surface area is 102 Å². The molecule has 0 radical (unpaired) electrons. The summed E-state index contributed by atoms with van der Waals surface area (Å²) >= 11 is 1.99. The Bertz CT molecular complexity index is 399. The zero-order valence-corrected chi connectivity index (χ0v) is 10.7. The molecule has 1 rings (SSSR count). The lowest BCUT2D eigenvalue weighted by atomic mass is 10.1. The van der Waals surface area contributed by atoms with E-state index in [9.17, 15) is 9.59 Å². The number of carbonyl (C=O) groups excluding carboxylic acids is 2. The van der Waals surface area contributed by atoms with E-state index in [1.165, 1.54) is 6.92 Å². The first-order valence-corrected chi connectivity index (χ1v) is 5.60. The van der Waals surface area contributed by atoms with Crippen LogP contribution in [0.1, 0.15) is 34.6 Å². The molecule has 0 saturated carbocycles. The first kappa shape index (κ1) is 12.2. The summed E-state index contributed by atoms with van der Waals surface area (Å²) in [6.07, 6.45) is 0.733. The predicted octanol–water partition coefficient (Wildman–Crippen LogP) is 2.71. The van der Waals surface area contributed by atoms with Gasteiger partial charge in [0.25, 0.3) is 0 Å². The van der Waals surface area contributed by atoms with Crippen molar-refractivity contribution in [2.75, 3.05) is 6.61 Å². The third-order valence-corrected chi connectivity index (χ3v) is 3.10. The van der Waals surface area contributed by atoms with Gasteiger partial charge in [0.2, 0.25) is 0 Å². The van der Waals surface area contributed by atoms with Crippen LogP contribution in [0, 0.1) is 3.57 Å².